The van der Waals surface area contributed by atoms with Crippen molar-refractivity contribution in [1.82, 2.24) is 4.90 Å². The Morgan fingerprint density at radius 3 is 2.41 bits per heavy atom. The minimum absolute atomic E-state index is 0.0310. The number of para-hydroxylation sites is 1. The second kappa shape index (κ2) is 7.97. The van der Waals surface area contributed by atoms with Crippen LogP contribution in [0.15, 0.2) is 24.3 Å². The molecular weight excluding hydrogens is 372 g/mol. The highest BCUT2D eigenvalue weighted by atomic mass is 16.5. The van der Waals surface area contributed by atoms with E-state index in [-0.39, 0.29) is 36.6 Å². The smallest absolute Gasteiger partial charge is 0.308 e. The SMILES string of the molecule is CCc1ccccc1NC(=O)COC(=O)CCN1C(=O)[C@H]2[C@H]3CC[C@@H](C3)[C@@H]2C1=O. The molecule has 2 saturated carbocycles. The molecule has 1 aliphatic heterocycles. The number of fused-ring (bicyclic) bond motifs is 5. The Bertz CT molecular complexity index is 823. The first kappa shape index (κ1) is 19.6. The largest absolute Gasteiger partial charge is 0.456 e. The molecule has 0 spiro atoms. The molecule has 1 heterocycles. The van der Waals surface area contributed by atoms with Gasteiger partial charge in [0.25, 0.3) is 5.91 Å². The number of nitrogens with zero attached hydrogens (tertiary/aromatic N) is 1. The summed E-state index contributed by atoms with van der Waals surface area (Å²) in [5.41, 5.74) is 1.70. The molecule has 3 fully saturated rings. The lowest BCUT2D eigenvalue weighted by atomic mass is 9.81. The average Bonchev–Trinajstić information content (AvgIpc) is 3.40. The molecule has 2 aliphatic carbocycles. The second-order valence-corrected chi connectivity index (χ2v) is 8.18. The summed E-state index contributed by atoms with van der Waals surface area (Å²) in [6.07, 6.45) is 3.72. The number of nitrogens with one attached hydrogen (secondary N) is 1. The molecule has 7 nitrogen and oxygen atoms in total. The third kappa shape index (κ3) is 3.66. The van der Waals surface area contributed by atoms with Crippen molar-refractivity contribution in [2.45, 2.75) is 39.0 Å². The molecule has 29 heavy (non-hydrogen) atoms. The zero-order valence-electron chi connectivity index (χ0n) is 16.6. The zero-order chi connectivity index (χ0) is 20.5. The Kier molecular flexibility index (Phi) is 5.39. The second-order valence-electron chi connectivity index (χ2n) is 8.18. The van der Waals surface area contributed by atoms with E-state index in [1.165, 1.54) is 4.90 Å². The molecule has 2 bridgehead atoms. The fourth-order valence-corrected chi connectivity index (χ4v) is 5.25. The summed E-state index contributed by atoms with van der Waals surface area (Å²) in [4.78, 5) is 50.6. The maximum Gasteiger partial charge on any atom is 0.308 e. The van der Waals surface area contributed by atoms with Crippen LogP contribution < -0.4 is 5.32 Å². The molecule has 7 heteroatoms. The molecule has 3 amide bonds. The lowest BCUT2D eigenvalue weighted by molar-refractivity contribution is -0.149. The lowest BCUT2D eigenvalue weighted by Crippen LogP contribution is -2.35. The summed E-state index contributed by atoms with van der Waals surface area (Å²) < 4.78 is 5.03. The van der Waals surface area contributed by atoms with Crippen LogP contribution >= 0.6 is 0 Å². The molecular formula is C22H26N2O5. The van der Waals surface area contributed by atoms with Crippen molar-refractivity contribution in [3.8, 4) is 0 Å². The highest BCUT2D eigenvalue weighted by Gasteiger charge is 2.60. The molecule has 1 saturated heterocycles. The predicted octanol–water partition coefficient (Wildman–Crippen LogP) is 2.15. The fraction of sp³-hybridized carbons (Fsp3) is 0.545. The molecule has 1 aromatic carbocycles. The Morgan fingerprint density at radius 1 is 1.10 bits per heavy atom. The van der Waals surface area contributed by atoms with E-state index in [1.54, 1.807) is 6.07 Å². The molecule has 0 aromatic heterocycles. The topological polar surface area (TPSA) is 92.8 Å². The van der Waals surface area contributed by atoms with Gasteiger partial charge in [0.2, 0.25) is 11.8 Å². The molecule has 0 unspecified atom stereocenters. The third-order valence-corrected chi connectivity index (χ3v) is 6.59. The van der Waals surface area contributed by atoms with E-state index >= 15 is 0 Å². The number of esters is 1. The number of ether oxygens (including phenoxy) is 1. The Hall–Kier alpha value is -2.70. The number of carbonyl (C=O) groups is 4. The monoisotopic (exact) mass is 398 g/mol. The van der Waals surface area contributed by atoms with Crippen LogP contribution in [0.5, 0.6) is 0 Å². The summed E-state index contributed by atoms with van der Waals surface area (Å²) >= 11 is 0. The van der Waals surface area contributed by atoms with Crippen LogP contribution in [0, 0.1) is 23.7 Å². The van der Waals surface area contributed by atoms with Crippen molar-refractivity contribution in [2.24, 2.45) is 23.7 Å². The minimum atomic E-state index is -0.593. The number of amides is 3. The van der Waals surface area contributed by atoms with Crippen LogP contribution in [0.2, 0.25) is 0 Å². The van der Waals surface area contributed by atoms with Crippen LogP contribution in [0.3, 0.4) is 0 Å². The van der Waals surface area contributed by atoms with Gasteiger partial charge in [0.15, 0.2) is 6.61 Å². The van der Waals surface area contributed by atoms with E-state index in [4.69, 9.17) is 4.74 Å². The van der Waals surface area contributed by atoms with Crippen molar-refractivity contribution in [1.29, 1.82) is 0 Å². The van der Waals surface area contributed by atoms with Crippen molar-refractivity contribution in [2.75, 3.05) is 18.5 Å². The standard InChI is InChI=1S/C22H26N2O5/c1-2-13-5-3-4-6-16(13)23-17(25)12-29-18(26)9-10-24-21(27)19-14-7-8-15(11-14)20(19)22(24)28/h3-6,14-15,19-20H,2,7-12H2,1H3,(H,23,25)/t14-,15-,19-,20-/m0/s1. The van der Waals surface area contributed by atoms with Crippen molar-refractivity contribution >= 4 is 29.4 Å². The molecule has 154 valence electrons. The van der Waals surface area contributed by atoms with E-state index in [9.17, 15) is 19.2 Å². The summed E-state index contributed by atoms with van der Waals surface area (Å²) in [6.45, 7) is 1.63. The quantitative estimate of drug-likeness (QED) is 0.561. The minimum Gasteiger partial charge on any atom is -0.456 e. The summed E-state index contributed by atoms with van der Waals surface area (Å²) in [5.74, 6) is -0.976. The van der Waals surface area contributed by atoms with Crippen LogP contribution in [0.1, 0.15) is 38.2 Å². The number of rotatable bonds is 7. The van der Waals surface area contributed by atoms with E-state index in [1.807, 2.05) is 25.1 Å². The molecule has 4 rings (SSSR count). The number of aryl methyl sites for hydroxylation is 1. The van der Waals surface area contributed by atoms with Gasteiger partial charge in [-0.05, 0) is 49.1 Å². The number of hydrogen-bond donors (Lipinski definition) is 1. The highest BCUT2D eigenvalue weighted by molar-refractivity contribution is 6.06. The zero-order valence-corrected chi connectivity index (χ0v) is 16.6. The third-order valence-electron chi connectivity index (χ3n) is 6.59. The Morgan fingerprint density at radius 2 is 1.76 bits per heavy atom. The predicted molar refractivity (Wildman–Crippen MR) is 105 cm³/mol. The van der Waals surface area contributed by atoms with Gasteiger partial charge in [0.1, 0.15) is 0 Å². The van der Waals surface area contributed by atoms with E-state index in [0.717, 1.165) is 31.2 Å². The summed E-state index contributed by atoms with van der Waals surface area (Å²) in [5, 5.41) is 2.74. The van der Waals surface area contributed by atoms with Gasteiger partial charge in [-0.3, -0.25) is 24.1 Å². The summed E-state index contributed by atoms with van der Waals surface area (Å²) in [7, 11) is 0. The van der Waals surface area contributed by atoms with Crippen LogP contribution in [0.25, 0.3) is 0 Å². The fourth-order valence-electron chi connectivity index (χ4n) is 5.25. The number of imide groups is 1. The van der Waals surface area contributed by atoms with Crippen LogP contribution in [0.4, 0.5) is 5.69 Å². The maximum absolute atomic E-state index is 12.6. The number of hydrogen-bond acceptors (Lipinski definition) is 5. The van der Waals surface area contributed by atoms with Crippen molar-refractivity contribution < 1.29 is 23.9 Å². The van der Waals surface area contributed by atoms with Gasteiger partial charge < -0.3 is 10.1 Å². The summed E-state index contributed by atoms with van der Waals surface area (Å²) in [6, 6.07) is 7.45. The molecule has 1 N–H and O–H groups in total. The van der Waals surface area contributed by atoms with Gasteiger partial charge in [-0.15, -0.1) is 0 Å². The Labute approximate surface area is 169 Å². The van der Waals surface area contributed by atoms with E-state index in [0.29, 0.717) is 17.5 Å². The number of anilines is 1. The number of carbonyl (C=O) groups excluding carboxylic acids is 4. The van der Waals surface area contributed by atoms with Crippen LogP contribution in [-0.4, -0.2) is 41.7 Å². The highest BCUT2D eigenvalue weighted by Crippen LogP contribution is 2.56. The molecule has 1 aromatic rings. The van der Waals surface area contributed by atoms with Gasteiger partial charge >= 0.3 is 5.97 Å². The van der Waals surface area contributed by atoms with Crippen molar-refractivity contribution in [3.63, 3.8) is 0 Å². The molecule has 4 atom stereocenters. The first-order valence-electron chi connectivity index (χ1n) is 10.4. The first-order chi connectivity index (χ1) is 14.0. The normalized spacial score (nSPS) is 27.3. The van der Waals surface area contributed by atoms with E-state index in [2.05, 4.69) is 5.32 Å². The number of likely N-dealkylation sites (tertiary alicyclic amines) is 1. The molecule has 3 aliphatic rings. The van der Waals surface area contributed by atoms with Crippen LogP contribution in [-0.2, 0) is 30.3 Å². The van der Waals surface area contributed by atoms with Gasteiger partial charge in [0, 0.05) is 12.2 Å². The first-order valence-corrected chi connectivity index (χ1v) is 10.4. The Balaban J connectivity index is 1.24. The average molecular weight is 398 g/mol. The lowest BCUT2D eigenvalue weighted by Gasteiger charge is -2.19. The van der Waals surface area contributed by atoms with Gasteiger partial charge in [0.05, 0.1) is 18.3 Å². The van der Waals surface area contributed by atoms with Crippen molar-refractivity contribution in [3.05, 3.63) is 29.8 Å². The van der Waals surface area contributed by atoms with E-state index < -0.39 is 18.5 Å². The van der Waals surface area contributed by atoms with Gasteiger partial charge in [-0.1, -0.05) is 25.1 Å². The maximum atomic E-state index is 12.6. The van der Waals surface area contributed by atoms with Gasteiger partial charge in [-0.25, -0.2) is 0 Å². The number of benzene rings is 1. The van der Waals surface area contributed by atoms with Gasteiger partial charge in [-0.2, -0.15) is 0 Å². The molecule has 0 radical (unpaired) electrons.